The summed E-state index contributed by atoms with van der Waals surface area (Å²) in [7, 11) is -5.67. The second-order valence-corrected chi connectivity index (χ2v) is 10.4. The Hall–Kier alpha value is -1.49. The molecule has 0 spiro atoms. The molecule has 10 heteroatoms. The molecule has 26 heavy (non-hydrogen) atoms. The fraction of sp³-hybridized carbons (Fsp3) is 0.562. The molecule has 1 aromatic rings. The number of sulfonamides is 2. The Labute approximate surface area is 155 Å². The Morgan fingerprint density at radius 2 is 1.58 bits per heavy atom. The van der Waals surface area contributed by atoms with Gasteiger partial charge in [0.1, 0.15) is 0 Å². The standard InChI is InChI=1S/C16H25N3O5S2/c1-18(25(2,21)22)13-16(20)17-14-7-9-15(10-8-14)26(23,24)19-11-5-3-4-6-12-19/h7-10H,3-6,11-13H2,1-2H3,(H,17,20). The number of likely N-dealkylation sites (N-methyl/N-ethyl adjacent to an activating group) is 1. The molecular formula is C16H25N3O5S2. The highest BCUT2D eigenvalue weighted by Crippen LogP contribution is 2.21. The summed E-state index contributed by atoms with van der Waals surface area (Å²) in [5.41, 5.74) is 0.409. The van der Waals surface area contributed by atoms with Crippen molar-refractivity contribution in [2.75, 3.05) is 38.3 Å². The number of nitrogens with zero attached hydrogens (tertiary/aromatic N) is 2. The van der Waals surface area contributed by atoms with Gasteiger partial charge in [0.2, 0.25) is 26.0 Å². The van der Waals surface area contributed by atoms with Crippen LogP contribution in [0.2, 0.25) is 0 Å². The zero-order valence-corrected chi connectivity index (χ0v) is 16.6. The molecule has 1 heterocycles. The third-order valence-corrected chi connectivity index (χ3v) is 7.45. The Morgan fingerprint density at radius 1 is 1.04 bits per heavy atom. The summed E-state index contributed by atoms with van der Waals surface area (Å²) >= 11 is 0. The van der Waals surface area contributed by atoms with Gasteiger partial charge in [-0.3, -0.25) is 4.79 Å². The van der Waals surface area contributed by atoms with E-state index in [9.17, 15) is 21.6 Å². The van der Waals surface area contributed by atoms with Crippen LogP contribution in [0.25, 0.3) is 0 Å². The first kappa shape index (κ1) is 20.8. The molecule has 1 amide bonds. The molecule has 0 aromatic heterocycles. The Kier molecular flexibility index (Phi) is 6.78. The molecule has 0 saturated carbocycles. The number of benzene rings is 1. The monoisotopic (exact) mass is 403 g/mol. The molecule has 0 atom stereocenters. The second-order valence-electron chi connectivity index (χ2n) is 6.41. The van der Waals surface area contributed by atoms with E-state index in [0.29, 0.717) is 18.8 Å². The Bertz CT molecular complexity index is 827. The van der Waals surface area contributed by atoms with Gasteiger partial charge < -0.3 is 5.32 Å². The highest BCUT2D eigenvalue weighted by Gasteiger charge is 2.25. The average molecular weight is 404 g/mol. The molecule has 1 N–H and O–H groups in total. The first-order valence-electron chi connectivity index (χ1n) is 8.42. The first-order valence-corrected chi connectivity index (χ1v) is 11.7. The molecular weight excluding hydrogens is 378 g/mol. The van der Waals surface area contributed by atoms with Crippen molar-refractivity contribution in [2.45, 2.75) is 30.6 Å². The maximum Gasteiger partial charge on any atom is 0.243 e. The maximum atomic E-state index is 12.7. The molecule has 1 fully saturated rings. The van der Waals surface area contributed by atoms with Gasteiger partial charge >= 0.3 is 0 Å². The predicted molar refractivity (Wildman–Crippen MR) is 99.8 cm³/mol. The molecule has 8 nitrogen and oxygen atoms in total. The lowest BCUT2D eigenvalue weighted by Crippen LogP contribution is -2.34. The van der Waals surface area contributed by atoms with Crippen molar-refractivity contribution in [3.8, 4) is 0 Å². The lowest BCUT2D eigenvalue weighted by atomic mass is 10.2. The van der Waals surface area contributed by atoms with E-state index in [2.05, 4.69) is 5.32 Å². The summed E-state index contributed by atoms with van der Waals surface area (Å²) < 4.78 is 50.5. The van der Waals surface area contributed by atoms with Crippen molar-refractivity contribution in [1.29, 1.82) is 0 Å². The van der Waals surface area contributed by atoms with Gasteiger partial charge in [-0.2, -0.15) is 8.61 Å². The van der Waals surface area contributed by atoms with Gasteiger partial charge in [0.05, 0.1) is 17.7 Å². The van der Waals surface area contributed by atoms with Crippen LogP contribution in [0.4, 0.5) is 5.69 Å². The van der Waals surface area contributed by atoms with E-state index in [0.717, 1.165) is 36.2 Å². The van der Waals surface area contributed by atoms with Gasteiger partial charge in [0.15, 0.2) is 0 Å². The number of carbonyl (C=O) groups excluding carboxylic acids is 1. The van der Waals surface area contributed by atoms with Crippen molar-refractivity contribution < 1.29 is 21.6 Å². The molecule has 146 valence electrons. The fourth-order valence-corrected chi connectivity index (χ4v) is 4.53. The molecule has 0 bridgehead atoms. The third-order valence-electron chi connectivity index (χ3n) is 4.27. The summed E-state index contributed by atoms with van der Waals surface area (Å²) in [5, 5.41) is 2.56. The van der Waals surface area contributed by atoms with Gasteiger partial charge in [0, 0.05) is 25.8 Å². The van der Waals surface area contributed by atoms with E-state index in [1.54, 1.807) is 0 Å². The predicted octanol–water partition coefficient (Wildman–Crippen LogP) is 1.08. The minimum atomic E-state index is -3.54. The van der Waals surface area contributed by atoms with Crippen molar-refractivity contribution in [3.63, 3.8) is 0 Å². The zero-order valence-electron chi connectivity index (χ0n) is 15.0. The molecule has 1 aliphatic heterocycles. The van der Waals surface area contributed by atoms with Gasteiger partial charge in [0.25, 0.3) is 0 Å². The highest BCUT2D eigenvalue weighted by atomic mass is 32.2. The van der Waals surface area contributed by atoms with Crippen LogP contribution in [-0.2, 0) is 24.8 Å². The number of nitrogens with one attached hydrogen (secondary N) is 1. The van der Waals surface area contributed by atoms with Gasteiger partial charge in [-0.15, -0.1) is 0 Å². The van der Waals surface area contributed by atoms with Crippen molar-refractivity contribution in [1.82, 2.24) is 8.61 Å². The van der Waals surface area contributed by atoms with Gasteiger partial charge in [-0.05, 0) is 37.1 Å². The molecule has 1 aromatic carbocycles. The van der Waals surface area contributed by atoms with E-state index in [1.807, 2.05) is 0 Å². The quantitative estimate of drug-likeness (QED) is 0.765. The lowest BCUT2D eigenvalue weighted by molar-refractivity contribution is -0.116. The van der Waals surface area contributed by atoms with Crippen LogP contribution in [0.15, 0.2) is 29.2 Å². The summed E-state index contributed by atoms with van der Waals surface area (Å²) in [5.74, 6) is -0.499. The Morgan fingerprint density at radius 3 is 2.08 bits per heavy atom. The third kappa shape index (κ3) is 5.50. The molecule has 0 radical (unpaired) electrons. The van der Waals surface area contributed by atoms with Crippen LogP contribution in [-0.4, -0.2) is 64.3 Å². The molecule has 0 unspecified atom stereocenters. The van der Waals surface area contributed by atoms with E-state index >= 15 is 0 Å². The van der Waals surface area contributed by atoms with Crippen molar-refractivity contribution in [3.05, 3.63) is 24.3 Å². The van der Waals surface area contributed by atoms with Gasteiger partial charge in [-0.25, -0.2) is 16.8 Å². The average Bonchev–Trinajstić information content (AvgIpc) is 2.84. The number of anilines is 1. The first-order chi connectivity index (χ1) is 12.1. The number of amides is 1. The topological polar surface area (TPSA) is 104 Å². The molecule has 1 aliphatic rings. The Balaban J connectivity index is 2.04. The number of rotatable bonds is 6. The van der Waals surface area contributed by atoms with Crippen molar-refractivity contribution >= 4 is 31.6 Å². The summed E-state index contributed by atoms with van der Waals surface area (Å²) in [6.45, 7) is 0.740. The molecule has 0 aliphatic carbocycles. The largest absolute Gasteiger partial charge is 0.325 e. The minimum Gasteiger partial charge on any atom is -0.325 e. The highest BCUT2D eigenvalue weighted by molar-refractivity contribution is 7.89. The van der Waals surface area contributed by atoms with Crippen LogP contribution in [0.5, 0.6) is 0 Å². The van der Waals surface area contributed by atoms with Gasteiger partial charge in [-0.1, -0.05) is 12.8 Å². The fourth-order valence-electron chi connectivity index (χ4n) is 2.66. The molecule has 2 rings (SSSR count). The summed E-state index contributed by atoms with van der Waals surface area (Å²) in [4.78, 5) is 12.1. The van der Waals surface area contributed by atoms with Crippen LogP contribution < -0.4 is 5.32 Å². The SMILES string of the molecule is CN(CC(=O)Nc1ccc(S(=O)(=O)N2CCCCCC2)cc1)S(C)(=O)=O. The van der Waals surface area contributed by atoms with E-state index < -0.39 is 26.0 Å². The van der Waals surface area contributed by atoms with E-state index in [1.165, 1.54) is 35.6 Å². The minimum absolute atomic E-state index is 0.186. The maximum absolute atomic E-state index is 12.7. The summed E-state index contributed by atoms with van der Waals surface area (Å²) in [6, 6.07) is 5.92. The van der Waals surface area contributed by atoms with Crippen LogP contribution >= 0.6 is 0 Å². The van der Waals surface area contributed by atoms with Crippen molar-refractivity contribution in [2.24, 2.45) is 0 Å². The lowest BCUT2D eigenvalue weighted by Gasteiger charge is -2.20. The zero-order chi connectivity index (χ0) is 19.4. The number of carbonyl (C=O) groups is 1. The number of hydrogen-bond acceptors (Lipinski definition) is 5. The normalized spacial score (nSPS) is 17.0. The smallest absolute Gasteiger partial charge is 0.243 e. The molecule has 1 saturated heterocycles. The van der Waals surface area contributed by atoms with Crippen LogP contribution in [0.3, 0.4) is 0 Å². The van der Waals surface area contributed by atoms with E-state index in [-0.39, 0.29) is 11.4 Å². The van der Waals surface area contributed by atoms with Crippen LogP contribution in [0, 0.1) is 0 Å². The second kappa shape index (κ2) is 8.47. The summed E-state index contributed by atoms with van der Waals surface area (Å²) in [6.07, 6.45) is 4.82. The number of hydrogen-bond donors (Lipinski definition) is 1. The van der Waals surface area contributed by atoms with E-state index in [4.69, 9.17) is 0 Å². The van der Waals surface area contributed by atoms with Crippen LogP contribution in [0.1, 0.15) is 25.7 Å².